The lowest BCUT2D eigenvalue weighted by Gasteiger charge is -2.51. The van der Waals surface area contributed by atoms with E-state index in [0.29, 0.717) is 31.9 Å². The molecule has 2 fully saturated rings. The van der Waals surface area contributed by atoms with E-state index in [-0.39, 0.29) is 13.0 Å². The Morgan fingerprint density at radius 3 is 2.31 bits per heavy atom. The van der Waals surface area contributed by atoms with Gasteiger partial charge in [-0.3, -0.25) is 24.7 Å². The number of piperazine rings is 1. The second kappa shape index (κ2) is 10.2. The predicted octanol–water partition coefficient (Wildman–Crippen LogP) is 1.44. The number of amides is 3. The summed E-state index contributed by atoms with van der Waals surface area (Å²) in [6.45, 7) is 3.24. The van der Waals surface area contributed by atoms with Gasteiger partial charge in [0.05, 0.1) is 12.5 Å². The van der Waals surface area contributed by atoms with Gasteiger partial charge in [-0.2, -0.15) is 0 Å². The summed E-state index contributed by atoms with van der Waals surface area (Å²) in [6, 6.07) is 13.1. The van der Waals surface area contributed by atoms with Crippen LogP contribution in [-0.2, 0) is 9.59 Å². The number of rotatable bonds is 5. The Labute approximate surface area is 202 Å². The van der Waals surface area contributed by atoms with Gasteiger partial charge in [0.1, 0.15) is 17.4 Å². The zero-order chi connectivity index (χ0) is 25.0. The van der Waals surface area contributed by atoms with Crippen LogP contribution in [0, 0.1) is 5.92 Å². The highest BCUT2D eigenvalue weighted by atomic mass is 16.5. The third kappa shape index (κ3) is 4.85. The summed E-state index contributed by atoms with van der Waals surface area (Å²) in [6.07, 6.45) is 1.07. The highest BCUT2D eigenvalue weighted by molar-refractivity contribution is 5.96. The Bertz CT molecular complexity index is 1050. The van der Waals surface area contributed by atoms with Gasteiger partial charge in [-0.15, -0.1) is 0 Å². The number of aromatic nitrogens is 1. The average molecular weight is 484 g/mol. The maximum absolute atomic E-state index is 13.8. The number of hydroxylamine groups is 1. The number of hydrogen-bond acceptors (Lipinski definition) is 7. The molecule has 0 unspecified atom stereocenters. The minimum atomic E-state index is -1.72. The first kappa shape index (κ1) is 24.3. The maximum Gasteiger partial charge on any atom is 0.408 e. The van der Waals surface area contributed by atoms with Gasteiger partial charge in [-0.05, 0) is 31.2 Å². The van der Waals surface area contributed by atoms with E-state index < -0.39 is 35.5 Å². The van der Waals surface area contributed by atoms with Gasteiger partial charge >= 0.3 is 6.09 Å². The molecule has 0 saturated carbocycles. The van der Waals surface area contributed by atoms with Crippen molar-refractivity contribution in [2.24, 2.45) is 5.92 Å². The summed E-state index contributed by atoms with van der Waals surface area (Å²) in [5.41, 5.74) is 0.946. The highest BCUT2D eigenvalue weighted by Gasteiger charge is 2.57. The summed E-state index contributed by atoms with van der Waals surface area (Å²) in [4.78, 5) is 47.5. The van der Waals surface area contributed by atoms with Crippen molar-refractivity contribution in [3.63, 3.8) is 0 Å². The summed E-state index contributed by atoms with van der Waals surface area (Å²) in [5, 5.41) is 19.5. The first-order chi connectivity index (χ1) is 16.8. The lowest BCUT2D eigenvalue weighted by Crippen LogP contribution is -2.71. The van der Waals surface area contributed by atoms with Crippen molar-refractivity contribution in [2.75, 3.05) is 37.6 Å². The summed E-state index contributed by atoms with van der Waals surface area (Å²) in [7, 11) is 0. The number of nitrogens with one attached hydrogen (secondary N) is 1. The van der Waals surface area contributed by atoms with E-state index in [1.807, 2.05) is 30.3 Å². The topological polar surface area (TPSA) is 136 Å². The molecule has 4 rings (SSSR count). The molecule has 3 heterocycles. The summed E-state index contributed by atoms with van der Waals surface area (Å²) >= 11 is 0. The van der Waals surface area contributed by atoms with Crippen molar-refractivity contribution in [1.29, 1.82) is 0 Å². The van der Waals surface area contributed by atoms with Crippen molar-refractivity contribution in [3.05, 3.63) is 54.9 Å². The fraction of sp³-hybridized carbons (Fsp3) is 0.417. The average Bonchev–Trinajstić information content (AvgIpc) is 2.89. The fourth-order valence-electron chi connectivity index (χ4n) is 4.95. The van der Waals surface area contributed by atoms with Crippen LogP contribution >= 0.6 is 0 Å². The third-order valence-electron chi connectivity index (χ3n) is 6.86. The maximum atomic E-state index is 13.8. The Kier molecular flexibility index (Phi) is 7.06. The number of carboxylic acid groups (broad SMARTS) is 1. The number of pyridine rings is 1. The molecule has 11 heteroatoms. The van der Waals surface area contributed by atoms with Crippen LogP contribution in [0.5, 0.6) is 5.75 Å². The molecule has 2 aliphatic rings. The highest BCUT2D eigenvalue weighted by Crippen LogP contribution is 2.37. The van der Waals surface area contributed by atoms with Crippen LogP contribution in [-0.4, -0.2) is 87.4 Å². The molecule has 3 N–H and O–H groups in total. The monoisotopic (exact) mass is 483 g/mol. The van der Waals surface area contributed by atoms with Crippen LogP contribution in [0.4, 0.5) is 10.5 Å². The van der Waals surface area contributed by atoms with E-state index in [2.05, 4.69) is 9.88 Å². The Hall–Kier alpha value is -3.86. The molecule has 0 spiro atoms. The lowest BCUT2D eigenvalue weighted by atomic mass is 9.75. The first-order valence-electron chi connectivity index (χ1n) is 11.4. The number of likely N-dealkylation sites (tertiary alicyclic amines) is 1. The standard InChI is InChI=1S/C24H29N5O6/c1-24(22(31)28-13-11-27(12-14-28)17-5-3-2-4-6-17)20(21(30)26-34)15-19(16-29(24)23(32)33)35-18-7-9-25-10-8-18/h2-10,19-20,34H,11-16H2,1H3,(H,26,30)(H,32,33)/t19-,20+,24-/m0/s1. The molecule has 1 aromatic heterocycles. The van der Waals surface area contributed by atoms with E-state index >= 15 is 0 Å². The molecule has 2 saturated heterocycles. The number of para-hydroxylation sites is 1. The number of hydrogen-bond donors (Lipinski definition) is 3. The molecule has 2 aromatic rings. The predicted molar refractivity (Wildman–Crippen MR) is 125 cm³/mol. The van der Waals surface area contributed by atoms with Crippen molar-refractivity contribution in [2.45, 2.75) is 25.0 Å². The molecular formula is C24H29N5O6. The van der Waals surface area contributed by atoms with E-state index in [4.69, 9.17) is 4.74 Å². The minimum Gasteiger partial charge on any atom is -0.488 e. The number of carbonyl (C=O) groups excluding carboxylic acids is 2. The molecule has 0 radical (unpaired) electrons. The van der Waals surface area contributed by atoms with Gasteiger partial charge < -0.3 is 19.6 Å². The van der Waals surface area contributed by atoms with Crippen molar-refractivity contribution >= 4 is 23.6 Å². The van der Waals surface area contributed by atoms with E-state index in [0.717, 1.165) is 10.6 Å². The van der Waals surface area contributed by atoms with Crippen LogP contribution in [0.3, 0.4) is 0 Å². The molecule has 0 bridgehead atoms. The molecule has 3 amide bonds. The Morgan fingerprint density at radius 2 is 1.71 bits per heavy atom. The number of carbonyl (C=O) groups is 3. The van der Waals surface area contributed by atoms with Crippen LogP contribution < -0.4 is 15.1 Å². The second-order valence-electron chi connectivity index (χ2n) is 8.84. The van der Waals surface area contributed by atoms with E-state index in [1.54, 1.807) is 22.5 Å². The largest absolute Gasteiger partial charge is 0.488 e. The summed E-state index contributed by atoms with van der Waals surface area (Å²) < 4.78 is 5.90. The van der Waals surface area contributed by atoms with Crippen molar-refractivity contribution < 1.29 is 29.4 Å². The van der Waals surface area contributed by atoms with Crippen LogP contribution in [0.1, 0.15) is 13.3 Å². The van der Waals surface area contributed by atoms with Crippen LogP contribution in [0.2, 0.25) is 0 Å². The van der Waals surface area contributed by atoms with Crippen molar-refractivity contribution in [3.8, 4) is 5.75 Å². The minimum absolute atomic E-state index is 0.0463. The lowest BCUT2D eigenvalue weighted by molar-refractivity contribution is -0.161. The molecular weight excluding hydrogens is 454 g/mol. The molecule has 186 valence electrons. The number of piperidine rings is 1. The molecule has 0 aliphatic carbocycles. The molecule has 1 aromatic carbocycles. The number of anilines is 1. The van der Waals surface area contributed by atoms with Gasteiger partial charge in [-0.25, -0.2) is 10.3 Å². The quantitative estimate of drug-likeness (QED) is 0.430. The number of ether oxygens (including phenoxy) is 1. The van der Waals surface area contributed by atoms with Crippen LogP contribution in [0.15, 0.2) is 54.9 Å². The molecule has 2 aliphatic heterocycles. The Balaban J connectivity index is 1.56. The smallest absolute Gasteiger partial charge is 0.408 e. The zero-order valence-electron chi connectivity index (χ0n) is 19.4. The fourth-order valence-corrected chi connectivity index (χ4v) is 4.95. The second-order valence-corrected chi connectivity index (χ2v) is 8.84. The molecule has 35 heavy (non-hydrogen) atoms. The molecule has 3 atom stereocenters. The summed E-state index contributed by atoms with van der Waals surface area (Å²) in [5.74, 6) is -2.00. The zero-order valence-corrected chi connectivity index (χ0v) is 19.4. The third-order valence-corrected chi connectivity index (χ3v) is 6.86. The van der Waals surface area contributed by atoms with Gasteiger partial charge in [0.2, 0.25) is 11.8 Å². The van der Waals surface area contributed by atoms with Crippen LogP contribution in [0.25, 0.3) is 0 Å². The SMILES string of the molecule is C[C@@]1(C(=O)N2CCN(c3ccccc3)CC2)[C@@H](C(=O)NO)C[C@H](Oc2ccncc2)CN1C(=O)O. The van der Waals surface area contributed by atoms with E-state index in [1.165, 1.54) is 19.3 Å². The van der Waals surface area contributed by atoms with E-state index in [9.17, 15) is 24.7 Å². The first-order valence-corrected chi connectivity index (χ1v) is 11.4. The Morgan fingerprint density at radius 1 is 1.06 bits per heavy atom. The van der Waals surface area contributed by atoms with Crippen molar-refractivity contribution in [1.82, 2.24) is 20.3 Å². The van der Waals surface area contributed by atoms with Gasteiger partial charge in [0.25, 0.3) is 0 Å². The number of benzene rings is 1. The van der Waals surface area contributed by atoms with Gasteiger partial charge in [0.15, 0.2) is 0 Å². The van der Waals surface area contributed by atoms with Gasteiger partial charge in [-0.1, -0.05) is 18.2 Å². The normalized spacial score (nSPS) is 24.6. The molecule has 11 nitrogen and oxygen atoms in total. The number of nitrogens with zero attached hydrogens (tertiary/aromatic N) is 4. The van der Waals surface area contributed by atoms with Gasteiger partial charge in [0, 0.05) is 50.7 Å².